The quantitative estimate of drug-likeness (QED) is 0.675. The Morgan fingerprint density at radius 3 is 2.35 bits per heavy atom. The second-order valence-electron chi connectivity index (χ2n) is 3.99. The third kappa shape index (κ3) is 13.6. The Morgan fingerprint density at radius 2 is 1.88 bits per heavy atom. The van der Waals surface area contributed by atoms with Crippen LogP contribution < -0.4 is 5.73 Å². The standard InChI is InChI=1S/C9H18F3NO3S/c1-17(14,15)6-2-3-8(13)4-5-16-7-9(10,11)12/h8H,2-7,13H2,1H3. The Kier molecular flexibility index (Phi) is 7.03. The van der Waals surface area contributed by atoms with Crippen LogP contribution in [0.25, 0.3) is 0 Å². The normalized spacial score (nSPS) is 14.9. The summed E-state index contributed by atoms with van der Waals surface area (Å²) in [5.41, 5.74) is 5.60. The van der Waals surface area contributed by atoms with E-state index in [9.17, 15) is 21.6 Å². The maximum atomic E-state index is 11.7. The molecule has 0 radical (unpaired) electrons. The van der Waals surface area contributed by atoms with E-state index in [0.29, 0.717) is 19.3 Å². The van der Waals surface area contributed by atoms with E-state index in [0.717, 1.165) is 6.26 Å². The molecule has 0 bridgehead atoms. The molecule has 0 rings (SSSR count). The van der Waals surface area contributed by atoms with Gasteiger partial charge in [-0.2, -0.15) is 13.2 Å². The molecule has 1 unspecified atom stereocenters. The zero-order valence-corrected chi connectivity index (χ0v) is 10.5. The van der Waals surface area contributed by atoms with Crippen LogP contribution in [0.3, 0.4) is 0 Å². The van der Waals surface area contributed by atoms with Crippen molar-refractivity contribution in [3.63, 3.8) is 0 Å². The van der Waals surface area contributed by atoms with Crippen LogP contribution in [0.15, 0.2) is 0 Å². The number of sulfone groups is 1. The van der Waals surface area contributed by atoms with Gasteiger partial charge in [-0.1, -0.05) is 0 Å². The Labute approximate surface area is 99.2 Å². The van der Waals surface area contributed by atoms with E-state index in [2.05, 4.69) is 4.74 Å². The molecule has 0 saturated carbocycles. The van der Waals surface area contributed by atoms with Gasteiger partial charge >= 0.3 is 6.18 Å². The van der Waals surface area contributed by atoms with Crippen molar-refractivity contribution in [3.8, 4) is 0 Å². The Hall–Kier alpha value is -0.340. The number of halogens is 3. The first-order valence-corrected chi connectivity index (χ1v) is 7.24. The largest absolute Gasteiger partial charge is 0.411 e. The first-order valence-electron chi connectivity index (χ1n) is 5.18. The summed E-state index contributed by atoms with van der Waals surface area (Å²) in [4.78, 5) is 0. The van der Waals surface area contributed by atoms with E-state index in [4.69, 9.17) is 5.73 Å². The summed E-state index contributed by atoms with van der Waals surface area (Å²) in [6, 6.07) is -0.329. The average molecular weight is 277 g/mol. The summed E-state index contributed by atoms with van der Waals surface area (Å²) >= 11 is 0. The van der Waals surface area contributed by atoms with Gasteiger partial charge in [-0.3, -0.25) is 0 Å². The van der Waals surface area contributed by atoms with Crippen LogP contribution in [0.1, 0.15) is 19.3 Å². The van der Waals surface area contributed by atoms with Crippen molar-refractivity contribution >= 4 is 9.84 Å². The van der Waals surface area contributed by atoms with Crippen molar-refractivity contribution in [2.24, 2.45) is 5.73 Å². The van der Waals surface area contributed by atoms with Gasteiger partial charge in [0.05, 0.1) is 0 Å². The molecule has 0 saturated heterocycles. The predicted octanol–water partition coefficient (Wildman–Crippen LogP) is 1.11. The van der Waals surface area contributed by atoms with E-state index in [1.54, 1.807) is 0 Å². The predicted molar refractivity (Wildman–Crippen MR) is 58.4 cm³/mol. The van der Waals surface area contributed by atoms with Gasteiger partial charge in [0.15, 0.2) is 0 Å². The molecule has 0 aromatic heterocycles. The van der Waals surface area contributed by atoms with E-state index in [1.807, 2.05) is 0 Å². The number of ether oxygens (including phenoxy) is 1. The molecule has 0 aliphatic heterocycles. The lowest BCUT2D eigenvalue weighted by atomic mass is 10.1. The maximum Gasteiger partial charge on any atom is 0.411 e. The van der Waals surface area contributed by atoms with E-state index in [-0.39, 0.29) is 18.4 Å². The highest BCUT2D eigenvalue weighted by Gasteiger charge is 2.27. The van der Waals surface area contributed by atoms with Crippen molar-refractivity contribution in [2.45, 2.75) is 31.5 Å². The summed E-state index contributed by atoms with van der Waals surface area (Å²) < 4.78 is 61.1. The van der Waals surface area contributed by atoms with Crippen LogP contribution in [-0.2, 0) is 14.6 Å². The third-order valence-corrected chi connectivity index (χ3v) is 3.02. The summed E-state index contributed by atoms with van der Waals surface area (Å²) in [6.07, 6.45) is -2.02. The van der Waals surface area contributed by atoms with Gasteiger partial charge in [-0.15, -0.1) is 0 Å². The van der Waals surface area contributed by atoms with E-state index < -0.39 is 22.6 Å². The smallest absolute Gasteiger partial charge is 0.372 e. The van der Waals surface area contributed by atoms with E-state index >= 15 is 0 Å². The molecule has 1 atom stereocenters. The Balaban J connectivity index is 3.51. The number of hydrogen-bond donors (Lipinski definition) is 1. The van der Waals surface area contributed by atoms with Crippen molar-refractivity contribution in [1.82, 2.24) is 0 Å². The molecule has 2 N–H and O–H groups in total. The third-order valence-electron chi connectivity index (χ3n) is 1.99. The number of hydrogen-bond acceptors (Lipinski definition) is 4. The molecule has 0 aliphatic carbocycles. The maximum absolute atomic E-state index is 11.7. The fraction of sp³-hybridized carbons (Fsp3) is 1.00. The van der Waals surface area contributed by atoms with Gasteiger partial charge < -0.3 is 10.5 Å². The zero-order chi connectivity index (χ0) is 13.5. The van der Waals surface area contributed by atoms with Crippen molar-refractivity contribution in [3.05, 3.63) is 0 Å². The lowest BCUT2D eigenvalue weighted by Crippen LogP contribution is -2.24. The summed E-state index contributed by atoms with van der Waals surface area (Å²) in [7, 11) is -3.00. The Bertz CT molecular complexity index is 303. The molecule has 8 heteroatoms. The highest BCUT2D eigenvalue weighted by atomic mass is 32.2. The van der Waals surface area contributed by atoms with Crippen LogP contribution in [0.5, 0.6) is 0 Å². The van der Waals surface area contributed by atoms with Gasteiger partial charge in [0.1, 0.15) is 16.4 Å². The van der Waals surface area contributed by atoms with Gasteiger partial charge in [0, 0.05) is 24.7 Å². The molecular weight excluding hydrogens is 259 g/mol. The molecule has 104 valence electrons. The minimum absolute atomic E-state index is 0.0457. The molecule has 0 heterocycles. The van der Waals surface area contributed by atoms with E-state index in [1.165, 1.54) is 0 Å². The van der Waals surface area contributed by atoms with Gasteiger partial charge in [0.25, 0.3) is 0 Å². The highest BCUT2D eigenvalue weighted by Crippen LogP contribution is 2.14. The van der Waals surface area contributed by atoms with Crippen LogP contribution in [0.4, 0.5) is 13.2 Å². The first kappa shape index (κ1) is 16.7. The zero-order valence-electron chi connectivity index (χ0n) is 9.66. The molecular formula is C9H18F3NO3S. The molecule has 0 aliphatic rings. The highest BCUT2D eigenvalue weighted by molar-refractivity contribution is 7.90. The molecule has 0 aromatic rings. The SMILES string of the molecule is CS(=O)(=O)CCCC(N)CCOCC(F)(F)F. The molecule has 17 heavy (non-hydrogen) atoms. The lowest BCUT2D eigenvalue weighted by molar-refractivity contribution is -0.174. The van der Waals surface area contributed by atoms with Gasteiger partial charge in [0.2, 0.25) is 0 Å². The fourth-order valence-electron chi connectivity index (χ4n) is 1.17. The lowest BCUT2D eigenvalue weighted by Gasteiger charge is -2.12. The molecule has 0 fully saturated rings. The van der Waals surface area contributed by atoms with Crippen molar-refractivity contribution in [2.75, 3.05) is 25.2 Å². The molecule has 0 spiro atoms. The van der Waals surface area contributed by atoms with Gasteiger partial charge in [-0.05, 0) is 19.3 Å². The van der Waals surface area contributed by atoms with Crippen LogP contribution in [-0.4, -0.2) is 45.9 Å². The fourth-order valence-corrected chi connectivity index (χ4v) is 1.87. The van der Waals surface area contributed by atoms with Gasteiger partial charge in [-0.25, -0.2) is 8.42 Å². The minimum Gasteiger partial charge on any atom is -0.372 e. The minimum atomic E-state index is -4.32. The van der Waals surface area contributed by atoms with Crippen LogP contribution in [0.2, 0.25) is 0 Å². The summed E-state index contributed by atoms with van der Waals surface area (Å²) in [6.45, 7) is -1.34. The summed E-state index contributed by atoms with van der Waals surface area (Å²) in [5.74, 6) is 0.0457. The number of rotatable bonds is 8. The molecule has 0 amide bonds. The number of alkyl halides is 3. The second kappa shape index (κ2) is 7.17. The topological polar surface area (TPSA) is 69.4 Å². The number of nitrogens with two attached hydrogens (primary N) is 1. The van der Waals surface area contributed by atoms with Crippen molar-refractivity contribution in [1.29, 1.82) is 0 Å². The summed E-state index contributed by atoms with van der Waals surface area (Å²) in [5, 5.41) is 0. The second-order valence-corrected chi connectivity index (χ2v) is 6.25. The van der Waals surface area contributed by atoms with Crippen molar-refractivity contribution < 1.29 is 26.3 Å². The average Bonchev–Trinajstić information content (AvgIpc) is 2.09. The molecule has 4 nitrogen and oxygen atoms in total. The van der Waals surface area contributed by atoms with Crippen LogP contribution in [0, 0.1) is 0 Å². The molecule has 0 aromatic carbocycles. The van der Waals surface area contributed by atoms with Crippen LogP contribution >= 0.6 is 0 Å². The monoisotopic (exact) mass is 277 g/mol. The Morgan fingerprint density at radius 1 is 1.29 bits per heavy atom. The first-order chi connectivity index (χ1) is 7.60.